The molecular weight excluding hydrogens is 226 g/mol. The average molecular weight is 251 g/mol. The van der Waals surface area contributed by atoms with Gasteiger partial charge >= 0.3 is 0 Å². The molecule has 0 unspecified atom stereocenters. The van der Waals surface area contributed by atoms with Crippen LogP contribution in [-0.4, -0.2) is 22.6 Å². The van der Waals surface area contributed by atoms with Crippen molar-refractivity contribution in [2.45, 2.75) is 54.1 Å². The van der Waals surface area contributed by atoms with Crippen LogP contribution in [0.25, 0.3) is 0 Å². The Morgan fingerprint density at radius 1 is 1.33 bits per heavy atom. The summed E-state index contributed by atoms with van der Waals surface area (Å²) < 4.78 is 5.60. The second-order valence-electron chi connectivity index (χ2n) is 5.71. The molecule has 18 heavy (non-hydrogen) atoms. The van der Waals surface area contributed by atoms with Gasteiger partial charge in [0, 0.05) is 18.3 Å². The monoisotopic (exact) mass is 251 g/mol. The maximum absolute atomic E-state index is 5.60. The number of aryl methyl sites for hydroxylation is 1. The van der Waals surface area contributed by atoms with Gasteiger partial charge in [0.2, 0.25) is 11.8 Å². The topological polar surface area (TPSA) is 47.0 Å². The van der Waals surface area contributed by atoms with E-state index >= 15 is 0 Å². The largest absolute Gasteiger partial charge is 0.475 e. The van der Waals surface area contributed by atoms with Crippen LogP contribution in [0.2, 0.25) is 0 Å². The Morgan fingerprint density at radius 3 is 2.56 bits per heavy atom. The van der Waals surface area contributed by atoms with Gasteiger partial charge in [0.15, 0.2) is 0 Å². The van der Waals surface area contributed by atoms with Crippen molar-refractivity contribution in [1.82, 2.24) is 9.97 Å². The van der Waals surface area contributed by atoms with Gasteiger partial charge in [-0.3, -0.25) is 0 Å². The number of rotatable bonds is 6. The summed E-state index contributed by atoms with van der Waals surface area (Å²) in [6.45, 7) is 13.4. The van der Waals surface area contributed by atoms with E-state index < -0.39 is 0 Å². The van der Waals surface area contributed by atoms with Crippen molar-refractivity contribution in [3.63, 3.8) is 0 Å². The highest BCUT2D eigenvalue weighted by atomic mass is 16.5. The summed E-state index contributed by atoms with van der Waals surface area (Å²) >= 11 is 0. The van der Waals surface area contributed by atoms with Gasteiger partial charge in [0.25, 0.3) is 0 Å². The fourth-order valence-electron chi connectivity index (χ4n) is 1.36. The Labute approximate surface area is 110 Å². The molecule has 1 aromatic rings. The number of ether oxygens (including phenoxy) is 1. The van der Waals surface area contributed by atoms with Crippen molar-refractivity contribution in [3.05, 3.63) is 11.8 Å². The third-order valence-electron chi connectivity index (χ3n) is 2.87. The van der Waals surface area contributed by atoms with Gasteiger partial charge in [-0.05, 0) is 32.6 Å². The Kier molecular flexibility index (Phi) is 4.93. The Balaban J connectivity index is 2.74. The van der Waals surface area contributed by atoms with E-state index in [1.807, 2.05) is 26.8 Å². The molecule has 0 aliphatic heterocycles. The van der Waals surface area contributed by atoms with Crippen molar-refractivity contribution in [3.8, 4) is 5.88 Å². The molecule has 0 aromatic carbocycles. The van der Waals surface area contributed by atoms with E-state index in [0.29, 0.717) is 11.8 Å². The van der Waals surface area contributed by atoms with E-state index in [9.17, 15) is 0 Å². The average Bonchev–Trinajstić information content (AvgIpc) is 2.25. The fraction of sp³-hybridized carbons (Fsp3) is 0.714. The molecule has 0 saturated carbocycles. The summed E-state index contributed by atoms with van der Waals surface area (Å²) in [5, 5.41) is 3.29. The van der Waals surface area contributed by atoms with Crippen LogP contribution in [0.1, 0.15) is 46.7 Å². The number of nitrogens with zero attached hydrogens (tertiary/aromatic N) is 2. The molecule has 0 bridgehead atoms. The molecule has 1 rings (SSSR count). The van der Waals surface area contributed by atoms with Crippen LogP contribution >= 0.6 is 0 Å². The lowest BCUT2D eigenvalue weighted by molar-refractivity contribution is 0.232. The van der Waals surface area contributed by atoms with Gasteiger partial charge in [-0.15, -0.1) is 0 Å². The first-order valence-electron chi connectivity index (χ1n) is 6.58. The molecule has 0 spiro atoms. The fourth-order valence-corrected chi connectivity index (χ4v) is 1.36. The van der Waals surface area contributed by atoms with Gasteiger partial charge < -0.3 is 10.1 Å². The molecule has 0 radical (unpaired) electrons. The molecule has 0 saturated heterocycles. The second-order valence-corrected chi connectivity index (χ2v) is 5.71. The number of anilines is 1. The predicted molar refractivity (Wildman–Crippen MR) is 75.1 cm³/mol. The quantitative estimate of drug-likeness (QED) is 0.841. The minimum absolute atomic E-state index is 0.124. The molecule has 0 amide bonds. The van der Waals surface area contributed by atoms with Crippen LogP contribution in [0.4, 0.5) is 5.95 Å². The van der Waals surface area contributed by atoms with Gasteiger partial charge in [0.05, 0.1) is 6.10 Å². The van der Waals surface area contributed by atoms with Crippen LogP contribution in [-0.2, 0) is 0 Å². The second kappa shape index (κ2) is 6.03. The number of hydrogen-bond donors (Lipinski definition) is 1. The summed E-state index contributed by atoms with van der Waals surface area (Å²) in [5.41, 5.74) is 1.16. The van der Waals surface area contributed by atoms with Crippen LogP contribution in [0, 0.1) is 12.3 Å². The van der Waals surface area contributed by atoms with Crippen LogP contribution in [0.15, 0.2) is 6.07 Å². The minimum atomic E-state index is 0.124. The minimum Gasteiger partial charge on any atom is -0.475 e. The van der Waals surface area contributed by atoms with Crippen LogP contribution in [0.5, 0.6) is 5.88 Å². The first-order valence-corrected chi connectivity index (χ1v) is 6.58. The zero-order chi connectivity index (χ0) is 13.8. The molecule has 0 fully saturated rings. The van der Waals surface area contributed by atoms with Gasteiger partial charge in [-0.25, -0.2) is 4.98 Å². The highest BCUT2D eigenvalue weighted by Crippen LogP contribution is 2.20. The highest BCUT2D eigenvalue weighted by molar-refractivity contribution is 5.30. The van der Waals surface area contributed by atoms with E-state index in [1.54, 1.807) is 0 Å². The van der Waals surface area contributed by atoms with Gasteiger partial charge in [-0.1, -0.05) is 20.8 Å². The summed E-state index contributed by atoms with van der Waals surface area (Å²) in [6.07, 6.45) is 1.24. The maximum Gasteiger partial charge on any atom is 0.226 e. The van der Waals surface area contributed by atoms with Crippen LogP contribution < -0.4 is 10.1 Å². The third-order valence-corrected chi connectivity index (χ3v) is 2.87. The molecule has 1 aromatic heterocycles. The van der Waals surface area contributed by atoms with Crippen LogP contribution in [0.3, 0.4) is 0 Å². The molecule has 0 aliphatic rings. The van der Waals surface area contributed by atoms with Gasteiger partial charge in [0.1, 0.15) is 0 Å². The number of aromatic nitrogens is 2. The molecule has 1 heterocycles. The molecular formula is C14H25N3O. The predicted octanol–water partition coefficient (Wildman–Crippen LogP) is 3.42. The summed E-state index contributed by atoms with van der Waals surface area (Å²) in [6, 6.07) is 1.86. The molecule has 1 N–H and O–H groups in total. The highest BCUT2D eigenvalue weighted by Gasteiger charge is 2.15. The zero-order valence-electron chi connectivity index (χ0n) is 12.4. The first-order chi connectivity index (χ1) is 8.32. The molecule has 0 aliphatic carbocycles. The van der Waals surface area contributed by atoms with E-state index in [4.69, 9.17) is 4.74 Å². The Morgan fingerprint density at radius 2 is 2.00 bits per heavy atom. The van der Waals surface area contributed by atoms with E-state index in [2.05, 4.69) is 36.1 Å². The first kappa shape index (κ1) is 14.7. The summed E-state index contributed by atoms with van der Waals surface area (Å²) in [5.74, 6) is 1.28. The molecule has 4 heteroatoms. The SMILES string of the molecule is CCC(C)(C)CNc1nc(C)cc(OC(C)C)n1. The lowest BCUT2D eigenvalue weighted by Gasteiger charge is -2.23. The van der Waals surface area contributed by atoms with E-state index in [-0.39, 0.29) is 11.5 Å². The van der Waals surface area contributed by atoms with E-state index in [0.717, 1.165) is 18.7 Å². The molecule has 0 atom stereocenters. The number of nitrogens with one attached hydrogen (secondary N) is 1. The molecule has 102 valence electrons. The summed E-state index contributed by atoms with van der Waals surface area (Å²) in [4.78, 5) is 8.74. The molecule has 4 nitrogen and oxygen atoms in total. The van der Waals surface area contributed by atoms with E-state index in [1.165, 1.54) is 0 Å². The smallest absolute Gasteiger partial charge is 0.226 e. The zero-order valence-corrected chi connectivity index (χ0v) is 12.4. The Hall–Kier alpha value is -1.32. The Bertz CT molecular complexity index is 389. The van der Waals surface area contributed by atoms with Crippen molar-refractivity contribution < 1.29 is 4.74 Å². The normalized spacial score (nSPS) is 11.7. The van der Waals surface area contributed by atoms with Gasteiger partial charge in [-0.2, -0.15) is 4.98 Å². The lowest BCUT2D eigenvalue weighted by Crippen LogP contribution is -2.23. The maximum atomic E-state index is 5.60. The van der Waals surface area contributed by atoms with Crippen molar-refractivity contribution in [1.29, 1.82) is 0 Å². The van der Waals surface area contributed by atoms with Crippen molar-refractivity contribution in [2.24, 2.45) is 5.41 Å². The third kappa shape index (κ3) is 4.90. The lowest BCUT2D eigenvalue weighted by atomic mass is 9.90. The van der Waals surface area contributed by atoms with Crippen molar-refractivity contribution >= 4 is 5.95 Å². The standard InChI is InChI=1S/C14H25N3O/c1-7-14(5,6)9-15-13-16-11(4)8-12(17-13)18-10(2)3/h8,10H,7,9H2,1-6H3,(H,15,16,17). The summed E-state index contributed by atoms with van der Waals surface area (Å²) in [7, 11) is 0. The van der Waals surface area contributed by atoms with Crippen molar-refractivity contribution in [2.75, 3.05) is 11.9 Å². The number of hydrogen-bond acceptors (Lipinski definition) is 4.